The summed E-state index contributed by atoms with van der Waals surface area (Å²) >= 11 is 5.32. The van der Waals surface area contributed by atoms with Crippen LogP contribution in [0.2, 0.25) is 0 Å². The van der Waals surface area contributed by atoms with E-state index in [-0.39, 0.29) is 0 Å². The average molecular weight is 369 g/mol. The van der Waals surface area contributed by atoms with E-state index in [1.807, 2.05) is 43.6 Å². The van der Waals surface area contributed by atoms with Crippen LogP contribution in [0, 0.1) is 13.8 Å². The van der Waals surface area contributed by atoms with Crippen molar-refractivity contribution in [1.82, 2.24) is 19.9 Å². The Morgan fingerprint density at radius 1 is 1.19 bits per heavy atom. The molecule has 3 rings (SSSR count). The standard InChI is InChI=1S/C19H24N6S/c1-13-14(2)23-18(20)16-17(13)25(12-22-16)11-7-6-10-21-19(26)24-15-8-4-3-5-9-15/h3-5,8-9,12H,6-7,10-11H2,1-2H3,(H2,20,23)(H2,21,24,26). The molecule has 0 aliphatic rings. The van der Waals surface area contributed by atoms with Gasteiger partial charge in [-0.1, -0.05) is 18.2 Å². The molecular weight excluding hydrogens is 344 g/mol. The lowest BCUT2D eigenvalue weighted by molar-refractivity contribution is 0.613. The van der Waals surface area contributed by atoms with Gasteiger partial charge in [-0.05, 0) is 56.6 Å². The molecule has 7 heteroatoms. The maximum Gasteiger partial charge on any atom is 0.170 e. The number of hydrogen-bond acceptors (Lipinski definition) is 4. The van der Waals surface area contributed by atoms with Gasteiger partial charge in [0, 0.05) is 24.5 Å². The fraction of sp³-hybridized carbons (Fsp3) is 0.316. The first-order valence-corrected chi connectivity index (χ1v) is 9.14. The van der Waals surface area contributed by atoms with Gasteiger partial charge in [-0.15, -0.1) is 0 Å². The van der Waals surface area contributed by atoms with E-state index < -0.39 is 0 Å². The molecule has 136 valence electrons. The van der Waals surface area contributed by atoms with Crippen LogP contribution in [0.3, 0.4) is 0 Å². The minimum Gasteiger partial charge on any atom is -0.382 e. The Hall–Kier alpha value is -2.67. The summed E-state index contributed by atoms with van der Waals surface area (Å²) in [4.78, 5) is 8.77. The predicted octanol–water partition coefficient (Wildman–Crippen LogP) is 3.40. The number of nitrogens with two attached hydrogens (primary N) is 1. The van der Waals surface area contributed by atoms with E-state index in [0.29, 0.717) is 10.9 Å². The third kappa shape index (κ3) is 4.11. The Balaban J connectivity index is 1.48. The molecule has 2 heterocycles. The molecular formula is C19H24N6S. The first-order chi connectivity index (χ1) is 12.6. The van der Waals surface area contributed by atoms with Gasteiger partial charge in [-0.3, -0.25) is 0 Å². The lowest BCUT2D eigenvalue weighted by Gasteiger charge is -2.11. The van der Waals surface area contributed by atoms with Crippen LogP contribution < -0.4 is 16.4 Å². The minimum absolute atomic E-state index is 0.501. The van der Waals surface area contributed by atoms with Crippen LogP contribution in [0.1, 0.15) is 24.1 Å². The number of anilines is 2. The molecule has 0 atom stereocenters. The monoisotopic (exact) mass is 368 g/mol. The Morgan fingerprint density at radius 2 is 1.96 bits per heavy atom. The molecule has 0 saturated carbocycles. The number of nitrogens with one attached hydrogen (secondary N) is 2. The third-order valence-corrected chi connectivity index (χ3v) is 4.66. The summed E-state index contributed by atoms with van der Waals surface area (Å²) in [6, 6.07) is 9.92. The van der Waals surface area contributed by atoms with Gasteiger partial charge in [-0.25, -0.2) is 9.97 Å². The van der Waals surface area contributed by atoms with E-state index in [9.17, 15) is 0 Å². The minimum atomic E-state index is 0.501. The van der Waals surface area contributed by atoms with Gasteiger partial charge in [0.05, 0.1) is 11.8 Å². The predicted molar refractivity (Wildman–Crippen MR) is 111 cm³/mol. The number of pyridine rings is 1. The van der Waals surface area contributed by atoms with Crippen LogP contribution in [0.15, 0.2) is 36.7 Å². The van der Waals surface area contributed by atoms with Crippen LogP contribution in [0.4, 0.5) is 11.5 Å². The molecule has 0 fully saturated rings. The number of thiocarbonyl (C=S) groups is 1. The van der Waals surface area contributed by atoms with Crippen molar-refractivity contribution < 1.29 is 0 Å². The molecule has 0 radical (unpaired) electrons. The quantitative estimate of drug-likeness (QED) is 0.457. The first kappa shape index (κ1) is 18.1. The number of fused-ring (bicyclic) bond motifs is 1. The Bertz CT molecular complexity index is 903. The van der Waals surface area contributed by atoms with Crippen molar-refractivity contribution in [2.24, 2.45) is 0 Å². The number of benzene rings is 1. The van der Waals surface area contributed by atoms with Gasteiger partial charge in [0.2, 0.25) is 0 Å². The number of aryl methyl sites for hydroxylation is 3. The highest BCUT2D eigenvalue weighted by molar-refractivity contribution is 7.80. The molecule has 0 bridgehead atoms. The number of imidazole rings is 1. The van der Waals surface area contributed by atoms with Crippen LogP contribution in [-0.4, -0.2) is 26.2 Å². The average Bonchev–Trinajstić information content (AvgIpc) is 3.05. The third-order valence-electron chi connectivity index (χ3n) is 4.41. The van der Waals surface area contributed by atoms with E-state index in [2.05, 4.69) is 32.1 Å². The van der Waals surface area contributed by atoms with Crippen molar-refractivity contribution in [2.75, 3.05) is 17.6 Å². The molecule has 0 aliphatic carbocycles. The smallest absolute Gasteiger partial charge is 0.170 e. The lowest BCUT2D eigenvalue weighted by Crippen LogP contribution is -2.29. The van der Waals surface area contributed by atoms with Crippen molar-refractivity contribution in [3.8, 4) is 0 Å². The van der Waals surface area contributed by atoms with Crippen LogP contribution in [0.5, 0.6) is 0 Å². The number of nitrogen functional groups attached to an aromatic ring is 1. The molecule has 0 spiro atoms. The summed E-state index contributed by atoms with van der Waals surface area (Å²) in [5.74, 6) is 0.501. The summed E-state index contributed by atoms with van der Waals surface area (Å²) in [7, 11) is 0. The molecule has 0 amide bonds. The fourth-order valence-electron chi connectivity index (χ4n) is 2.93. The molecule has 2 aromatic heterocycles. The normalized spacial score (nSPS) is 10.8. The van der Waals surface area contributed by atoms with Crippen LogP contribution in [-0.2, 0) is 6.54 Å². The molecule has 0 aliphatic heterocycles. The van der Waals surface area contributed by atoms with Gasteiger partial charge in [0.15, 0.2) is 10.9 Å². The molecule has 26 heavy (non-hydrogen) atoms. The topological polar surface area (TPSA) is 80.8 Å². The number of nitrogens with zero attached hydrogens (tertiary/aromatic N) is 3. The molecule has 0 saturated heterocycles. The van der Waals surface area contributed by atoms with Gasteiger partial charge in [0.1, 0.15) is 5.52 Å². The van der Waals surface area contributed by atoms with E-state index in [1.165, 1.54) is 0 Å². The zero-order chi connectivity index (χ0) is 18.5. The van der Waals surface area contributed by atoms with Crippen molar-refractivity contribution in [3.63, 3.8) is 0 Å². The van der Waals surface area contributed by atoms with Gasteiger partial charge < -0.3 is 20.9 Å². The van der Waals surface area contributed by atoms with Gasteiger partial charge >= 0.3 is 0 Å². The maximum atomic E-state index is 5.99. The fourth-order valence-corrected chi connectivity index (χ4v) is 3.15. The SMILES string of the molecule is Cc1nc(N)c2ncn(CCCCNC(=S)Nc3ccccc3)c2c1C. The Kier molecular flexibility index (Phi) is 5.68. The molecule has 1 aromatic carbocycles. The number of rotatable bonds is 6. The second-order valence-corrected chi connectivity index (χ2v) is 6.70. The maximum absolute atomic E-state index is 5.99. The zero-order valence-electron chi connectivity index (χ0n) is 15.1. The van der Waals surface area contributed by atoms with Gasteiger partial charge in [-0.2, -0.15) is 0 Å². The summed E-state index contributed by atoms with van der Waals surface area (Å²) in [5, 5.41) is 7.07. The molecule has 4 N–H and O–H groups in total. The highest BCUT2D eigenvalue weighted by atomic mass is 32.1. The van der Waals surface area contributed by atoms with E-state index in [4.69, 9.17) is 18.0 Å². The highest BCUT2D eigenvalue weighted by Crippen LogP contribution is 2.24. The number of unbranched alkanes of at least 4 members (excludes halogenated alkanes) is 1. The number of aromatic nitrogens is 3. The molecule has 0 unspecified atom stereocenters. The summed E-state index contributed by atoms with van der Waals surface area (Å²) in [5.41, 5.74) is 11.0. The first-order valence-electron chi connectivity index (χ1n) is 8.73. The second kappa shape index (κ2) is 8.14. The molecule has 6 nitrogen and oxygen atoms in total. The summed E-state index contributed by atoms with van der Waals surface area (Å²) in [6.45, 7) is 5.76. The number of para-hydroxylation sites is 1. The van der Waals surface area contributed by atoms with Crippen molar-refractivity contribution in [1.29, 1.82) is 0 Å². The van der Waals surface area contributed by atoms with Crippen LogP contribution >= 0.6 is 12.2 Å². The summed E-state index contributed by atoms with van der Waals surface area (Å²) < 4.78 is 2.16. The van der Waals surface area contributed by atoms with Crippen LogP contribution in [0.25, 0.3) is 11.0 Å². The Labute approximate surface area is 158 Å². The van der Waals surface area contributed by atoms with Crippen molar-refractivity contribution in [3.05, 3.63) is 47.9 Å². The molecule has 3 aromatic rings. The second-order valence-electron chi connectivity index (χ2n) is 6.30. The van der Waals surface area contributed by atoms with E-state index in [0.717, 1.165) is 53.9 Å². The Morgan fingerprint density at radius 3 is 2.73 bits per heavy atom. The van der Waals surface area contributed by atoms with E-state index >= 15 is 0 Å². The van der Waals surface area contributed by atoms with Crippen molar-refractivity contribution in [2.45, 2.75) is 33.2 Å². The highest BCUT2D eigenvalue weighted by Gasteiger charge is 2.12. The zero-order valence-corrected chi connectivity index (χ0v) is 15.9. The largest absolute Gasteiger partial charge is 0.382 e. The van der Waals surface area contributed by atoms with Gasteiger partial charge in [0.25, 0.3) is 0 Å². The van der Waals surface area contributed by atoms with Crippen molar-refractivity contribution >= 4 is 39.9 Å². The number of hydrogen-bond donors (Lipinski definition) is 3. The summed E-state index contributed by atoms with van der Waals surface area (Å²) in [6.07, 6.45) is 3.88. The van der Waals surface area contributed by atoms with E-state index in [1.54, 1.807) is 0 Å². The lowest BCUT2D eigenvalue weighted by atomic mass is 10.2.